The molecule has 3 aliphatic rings. The molecule has 1 aromatic rings. The Bertz CT molecular complexity index is 2260. The number of benzene rings is 1. The van der Waals surface area contributed by atoms with E-state index >= 15 is 0 Å². The van der Waals surface area contributed by atoms with Crippen molar-refractivity contribution in [1.29, 1.82) is 0 Å². The van der Waals surface area contributed by atoms with Crippen molar-refractivity contribution in [3.8, 4) is 0 Å². The lowest BCUT2D eigenvalue weighted by Gasteiger charge is -2.39. The summed E-state index contributed by atoms with van der Waals surface area (Å²) in [5.74, 6) is -2.61. The predicted octanol–water partition coefficient (Wildman–Crippen LogP) is 4.52. The monoisotopic (exact) mass is 1080 g/mol. The number of epoxide rings is 1. The van der Waals surface area contributed by atoms with Gasteiger partial charge in [-0.25, -0.2) is 15.0 Å². The van der Waals surface area contributed by atoms with Crippen LogP contribution in [0.25, 0.3) is 0 Å². The van der Waals surface area contributed by atoms with Gasteiger partial charge in [-0.1, -0.05) is 70.0 Å². The molecule has 22 heteroatoms. The van der Waals surface area contributed by atoms with Crippen LogP contribution in [0.15, 0.2) is 60.2 Å². The van der Waals surface area contributed by atoms with E-state index in [0.717, 1.165) is 24.8 Å². The number of primary amides is 1. The molecule has 0 aliphatic carbocycles. The van der Waals surface area contributed by atoms with E-state index in [0.29, 0.717) is 43.5 Å². The topological polar surface area (TPSA) is 322 Å². The molecule has 428 valence electrons. The van der Waals surface area contributed by atoms with Gasteiger partial charge in [0.2, 0.25) is 29.5 Å². The number of anilines is 1. The molecule has 12 atom stereocenters. The third-order valence-corrected chi connectivity index (χ3v) is 14.1. The zero-order valence-electron chi connectivity index (χ0n) is 46.3. The van der Waals surface area contributed by atoms with E-state index in [4.69, 9.17) is 35.2 Å². The number of rotatable bonds is 27. The van der Waals surface area contributed by atoms with Crippen molar-refractivity contribution < 1.29 is 62.0 Å². The van der Waals surface area contributed by atoms with Crippen molar-refractivity contribution in [2.75, 3.05) is 18.4 Å². The van der Waals surface area contributed by atoms with Gasteiger partial charge >= 0.3 is 18.1 Å². The number of carbonyl (C=O) groups excluding carboxylic acids is 8. The fraction of sp³-hybridized carbons (Fsp3) is 0.636. The van der Waals surface area contributed by atoms with Gasteiger partial charge in [0.15, 0.2) is 0 Å². The van der Waals surface area contributed by atoms with Crippen LogP contribution in [0.1, 0.15) is 132 Å². The number of hydrogen-bond donors (Lipinski definition) is 9. The summed E-state index contributed by atoms with van der Waals surface area (Å²) in [6, 6.07) is 3.65. The Labute approximate surface area is 453 Å². The van der Waals surface area contributed by atoms with Crippen LogP contribution in [0.2, 0.25) is 0 Å². The van der Waals surface area contributed by atoms with Gasteiger partial charge < -0.3 is 61.7 Å². The minimum absolute atomic E-state index is 0.00738. The number of nitrogens with one attached hydrogen (secondary N) is 7. The maximum atomic E-state index is 13.5. The van der Waals surface area contributed by atoms with Gasteiger partial charge in [-0.15, -0.1) is 0 Å². The summed E-state index contributed by atoms with van der Waals surface area (Å²) in [6.45, 7) is 17.3. The standard InChI is InChI=1S/C55H85N9O13/c1-32(2)50(62-47(66)15-11-10-12-26-56)52(70)61-43(14-13-27-58-53(57)71)51(69)59-41-21-19-40(20-22-41)31-73-54(72)64-63-49(68)29-42-30-55(38(8)77-55)36(6)46(76-42)24-17-33(3)16-23-45-34(4)28-44(37(7)75-45)60-48(67)25-18-35(5)74-39(9)65/h16-22,24-25,32,34-38,42-46,50H,10-15,23,26-31,56H2,1-9H3,(H,59,69)(H,60,67)(H,61,70)(H,62,66)(H,63,68)(H,64,72)(H3,57,58,71)/b24-17+,25-18-,33-16+/t34-,35-,36?,37+,38+,42?,43?,44+,45-,46+,50-,55-/m0/s1. The summed E-state index contributed by atoms with van der Waals surface area (Å²) in [5, 5.41) is 13.8. The number of urea groups is 1. The molecule has 1 spiro atoms. The summed E-state index contributed by atoms with van der Waals surface area (Å²) < 4.78 is 29.3. The molecule has 22 nitrogen and oxygen atoms in total. The van der Waals surface area contributed by atoms with Gasteiger partial charge in [-0.2, -0.15) is 0 Å². The molecule has 77 heavy (non-hydrogen) atoms. The Morgan fingerprint density at radius 1 is 0.870 bits per heavy atom. The van der Waals surface area contributed by atoms with E-state index in [9.17, 15) is 38.4 Å². The highest BCUT2D eigenvalue weighted by Gasteiger charge is 2.62. The molecule has 3 heterocycles. The zero-order valence-corrected chi connectivity index (χ0v) is 46.3. The Morgan fingerprint density at radius 2 is 1.58 bits per heavy atom. The van der Waals surface area contributed by atoms with E-state index in [1.807, 2.05) is 32.9 Å². The van der Waals surface area contributed by atoms with Crippen LogP contribution >= 0.6 is 0 Å². The lowest BCUT2D eigenvalue weighted by atomic mass is 9.79. The summed E-state index contributed by atoms with van der Waals surface area (Å²) in [4.78, 5) is 100. The Kier molecular flexibility index (Phi) is 25.6. The van der Waals surface area contributed by atoms with Crippen LogP contribution in [0.3, 0.4) is 0 Å². The van der Waals surface area contributed by atoms with E-state index < -0.39 is 65.7 Å². The quantitative estimate of drug-likeness (QED) is 0.0146. The first-order chi connectivity index (χ1) is 36.5. The molecule has 3 aliphatic heterocycles. The molecule has 8 amide bonds. The second-order valence-corrected chi connectivity index (χ2v) is 20.9. The first kappa shape index (κ1) is 63.2. The number of carbonyl (C=O) groups is 8. The summed E-state index contributed by atoms with van der Waals surface area (Å²) in [7, 11) is 0. The lowest BCUT2D eigenvalue weighted by Crippen LogP contribution is -2.54. The molecule has 3 saturated heterocycles. The number of amides is 8. The van der Waals surface area contributed by atoms with E-state index in [1.54, 1.807) is 45.0 Å². The van der Waals surface area contributed by atoms with Crippen LogP contribution in [0, 0.1) is 17.8 Å². The maximum Gasteiger partial charge on any atom is 0.426 e. The van der Waals surface area contributed by atoms with Crippen LogP contribution in [-0.2, 0) is 59.1 Å². The predicted molar refractivity (Wildman–Crippen MR) is 288 cm³/mol. The highest BCUT2D eigenvalue weighted by Crippen LogP contribution is 2.52. The highest BCUT2D eigenvalue weighted by molar-refractivity contribution is 5.98. The third kappa shape index (κ3) is 21.5. The first-order valence-corrected chi connectivity index (χ1v) is 26.9. The number of nitrogens with two attached hydrogens (primary N) is 2. The number of ether oxygens (including phenoxy) is 5. The molecule has 11 N–H and O–H groups in total. The van der Waals surface area contributed by atoms with E-state index in [1.165, 1.54) is 19.1 Å². The van der Waals surface area contributed by atoms with E-state index in [-0.39, 0.29) is 92.4 Å². The SMILES string of the molecule is CC(=O)O[C@@H](C)/C=C\C(=O)N[C@@H]1C[C@H](C)[C@H](C/C=C(C)/C=C/[C@H]2OC(CC(=O)NNC(=O)OCc3ccc(NC(=O)C(CCCNC(N)=O)NC(=O)[C@@H](NC(=O)CCCCCN)C(C)C)cc3)C[C@]3(O[C@@H]3C)C2C)O[C@@H]1C. The molecule has 1 aromatic carbocycles. The van der Waals surface area contributed by atoms with Crippen LogP contribution < -0.4 is 48.9 Å². The molecule has 0 bridgehead atoms. The average molecular weight is 1080 g/mol. The smallest absolute Gasteiger partial charge is 0.426 e. The Balaban J connectivity index is 1.23. The molecule has 0 aromatic heterocycles. The van der Waals surface area contributed by atoms with Crippen molar-refractivity contribution in [3.05, 3.63) is 65.8 Å². The van der Waals surface area contributed by atoms with Crippen molar-refractivity contribution in [2.24, 2.45) is 29.2 Å². The Hall–Kier alpha value is -6.36. The fourth-order valence-corrected chi connectivity index (χ4v) is 9.52. The molecular weight excluding hydrogens is 995 g/mol. The van der Waals surface area contributed by atoms with Crippen molar-refractivity contribution in [3.63, 3.8) is 0 Å². The van der Waals surface area contributed by atoms with Gasteiger partial charge in [-0.3, -0.25) is 34.2 Å². The van der Waals surface area contributed by atoms with Gasteiger partial charge in [0.05, 0.1) is 43.0 Å². The van der Waals surface area contributed by atoms with Crippen LogP contribution in [0.4, 0.5) is 15.3 Å². The van der Waals surface area contributed by atoms with Crippen LogP contribution in [-0.4, -0.2) is 121 Å². The van der Waals surface area contributed by atoms with Gasteiger partial charge in [0, 0.05) is 44.0 Å². The zero-order chi connectivity index (χ0) is 56.8. The summed E-state index contributed by atoms with van der Waals surface area (Å²) in [5.41, 5.74) is 17.0. The highest BCUT2D eigenvalue weighted by atomic mass is 16.6. The number of allylic oxidation sites excluding steroid dienone is 2. The van der Waals surface area contributed by atoms with Gasteiger partial charge in [0.25, 0.3) is 0 Å². The number of unbranched alkanes of at least 4 members (excludes halogenated alkanes) is 2. The Morgan fingerprint density at radius 3 is 2.23 bits per heavy atom. The van der Waals surface area contributed by atoms with Crippen molar-refractivity contribution in [2.45, 2.75) is 193 Å². The molecular formula is C55H85N9O13. The second kappa shape index (κ2) is 31.1. The maximum absolute atomic E-state index is 13.5. The lowest BCUT2D eigenvalue weighted by molar-refractivity contribution is -0.143. The number of esters is 1. The third-order valence-electron chi connectivity index (χ3n) is 14.1. The fourth-order valence-electron chi connectivity index (χ4n) is 9.52. The number of hydrogen-bond acceptors (Lipinski definition) is 14. The molecule has 0 radical (unpaired) electrons. The minimum Gasteiger partial charge on any atom is -0.459 e. The molecule has 3 fully saturated rings. The second-order valence-electron chi connectivity index (χ2n) is 20.9. The number of hydrazine groups is 1. The summed E-state index contributed by atoms with van der Waals surface area (Å²) in [6.07, 6.45) is 11.3. The minimum atomic E-state index is -1.03. The van der Waals surface area contributed by atoms with Gasteiger partial charge in [0.1, 0.15) is 30.4 Å². The van der Waals surface area contributed by atoms with Crippen molar-refractivity contribution in [1.82, 2.24) is 32.1 Å². The first-order valence-electron chi connectivity index (χ1n) is 26.9. The summed E-state index contributed by atoms with van der Waals surface area (Å²) >= 11 is 0. The molecule has 0 saturated carbocycles. The van der Waals surface area contributed by atoms with E-state index in [2.05, 4.69) is 57.4 Å². The van der Waals surface area contributed by atoms with Crippen LogP contribution in [0.5, 0.6) is 0 Å². The average Bonchev–Trinajstić information content (AvgIpc) is 4.08. The largest absolute Gasteiger partial charge is 0.459 e. The van der Waals surface area contributed by atoms with Crippen molar-refractivity contribution >= 4 is 53.3 Å². The molecule has 4 rings (SSSR count). The van der Waals surface area contributed by atoms with Gasteiger partial charge in [-0.05, 0) is 108 Å². The normalized spacial score (nSPS) is 25.3. The molecule has 3 unspecified atom stereocenters.